The van der Waals surface area contributed by atoms with Crippen LogP contribution in [0.1, 0.15) is 53.4 Å². The lowest BCUT2D eigenvalue weighted by atomic mass is 9.62. The maximum absolute atomic E-state index is 14.8. The zero-order valence-corrected chi connectivity index (χ0v) is 15.7. The summed E-state index contributed by atoms with van der Waals surface area (Å²) in [5.41, 5.74) is -3.62. The summed E-state index contributed by atoms with van der Waals surface area (Å²) in [5.74, 6) is -20.3. The van der Waals surface area contributed by atoms with Crippen molar-refractivity contribution in [2.24, 2.45) is 5.41 Å². The van der Waals surface area contributed by atoms with E-state index in [-0.39, 0.29) is 0 Å². The molecule has 0 aliphatic carbocycles. The van der Waals surface area contributed by atoms with Crippen molar-refractivity contribution >= 4 is 10.1 Å². The Kier molecular flexibility index (Phi) is 7.07. The van der Waals surface area contributed by atoms with Gasteiger partial charge in [0.05, 0.1) is 5.41 Å². The van der Waals surface area contributed by atoms with E-state index in [2.05, 4.69) is 0 Å². The molecule has 0 heterocycles. The van der Waals surface area contributed by atoms with Crippen LogP contribution < -0.4 is 0 Å². The van der Waals surface area contributed by atoms with E-state index in [1.807, 2.05) is 0 Å². The molecule has 13 heteroatoms. The van der Waals surface area contributed by atoms with Crippen molar-refractivity contribution in [2.75, 3.05) is 0 Å². The number of hydrogen-bond acceptors (Lipinski definition) is 2. The van der Waals surface area contributed by atoms with Crippen molar-refractivity contribution < 1.29 is 52.5 Å². The molecule has 0 aromatic rings. The molecule has 0 saturated carbocycles. The number of hydrogen-bond donors (Lipinski definition) is 1. The average molecular weight is 440 g/mol. The molecule has 0 aliphatic rings. The molecule has 1 N–H and O–H groups in total. The topological polar surface area (TPSA) is 54.4 Å². The number of halogens is 9. The van der Waals surface area contributed by atoms with E-state index < -0.39 is 69.9 Å². The molecule has 3 nitrogen and oxygen atoms in total. The van der Waals surface area contributed by atoms with Gasteiger partial charge in [-0.05, 0) is 25.7 Å². The standard InChI is InChI=1S/C14H21F9O3S/c1-5-9(6-2,10(7-3,8-4)27(24,25)26)11(15,16)12(17,18)13(19,20)14(21,22)23/h5-8H2,1-4H3,(H,24,25,26). The van der Waals surface area contributed by atoms with Crippen LogP contribution in [0.4, 0.5) is 39.5 Å². The van der Waals surface area contributed by atoms with Crippen molar-refractivity contribution in [3.8, 4) is 0 Å². The van der Waals surface area contributed by atoms with Crippen LogP contribution in [0.15, 0.2) is 0 Å². The molecule has 0 fully saturated rings. The third-order valence-electron chi connectivity index (χ3n) is 5.46. The first-order valence-corrected chi connectivity index (χ1v) is 9.35. The van der Waals surface area contributed by atoms with Crippen molar-refractivity contribution in [3.05, 3.63) is 0 Å². The second-order valence-electron chi connectivity index (χ2n) is 6.19. The van der Waals surface area contributed by atoms with Gasteiger partial charge < -0.3 is 0 Å². The molecule has 0 rings (SSSR count). The second-order valence-corrected chi connectivity index (χ2v) is 7.92. The minimum atomic E-state index is -7.15. The van der Waals surface area contributed by atoms with Crippen LogP contribution in [0.3, 0.4) is 0 Å². The van der Waals surface area contributed by atoms with Gasteiger partial charge in [0.2, 0.25) is 0 Å². The maximum Gasteiger partial charge on any atom is 0.460 e. The third kappa shape index (κ3) is 3.22. The van der Waals surface area contributed by atoms with Gasteiger partial charge in [0.15, 0.2) is 0 Å². The highest BCUT2D eigenvalue weighted by atomic mass is 32.2. The van der Waals surface area contributed by atoms with Gasteiger partial charge in [-0.25, -0.2) is 0 Å². The lowest BCUT2D eigenvalue weighted by Crippen LogP contribution is -2.71. The van der Waals surface area contributed by atoms with Gasteiger partial charge in [-0.3, -0.25) is 4.55 Å². The highest BCUT2D eigenvalue weighted by molar-refractivity contribution is 7.87. The summed E-state index contributed by atoms with van der Waals surface area (Å²) in [5, 5.41) is 0. The number of rotatable bonds is 9. The Bertz CT molecular complexity index is 618. The highest BCUT2D eigenvalue weighted by Crippen LogP contribution is 2.65. The highest BCUT2D eigenvalue weighted by Gasteiger charge is 2.87. The molecule has 0 saturated heterocycles. The van der Waals surface area contributed by atoms with Gasteiger partial charge in [-0.2, -0.15) is 47.9 Å². The van der Waals surface area contributed by atoms with Crippen molar-refractivity contribution in [3.63, 3.8) is 0 Å². The van der Waals surface area contributed by atoms with Crippen LogP contribution in [-0.2, 0) is 10.1 Å². The predicted molar refractivity (Wildman–Crippen MR) is 78.8 cm³/mol. The van der Waals surface area contributed by atoms with Gasteiger partial charge in [0.1, 0.15) is 4.75 Å². The number of alkyl halides is 9. The minimum Gasteiger partial charge on any atom is -0.285 e. The molecular weight excluding hydrogens is 419 g/mol. The molecule has 0 amide bonds. The van der Waals surface area contributed by atoms with E-state index >= 15 is 0 Å². The molecular formula is C14H21F9O3S. The molecule has 164 valence electrons. The second kappa shape index (κ2) is 7.27. The van der Waals surface area contributed by atoms with E-state index in [4.69, 9.17) is 0 Å². The lowest BCUT2D eigenvalue weighted by Gasteiger charge is -2.53. The quantitative estimate of drug-likeness (QED) is 0.369. The fourth-order valence-corrected chi connectivity index (χ4v) is 5.48. The molecule has 0 radical (unpaired) electrons. The lowest BCUT2D eigenvalue weighted by molar-refractivity contribution is -0.415. The zero-order valence-electron chi connectivity index (χ0n) is 14.9. The summed E-state index contributed by atoms with van der Waals surface area (Å²) < 4.78 is 152. The zero-order chi connectivity index (χ0) is 22.3. The molecule has 0 aromatic heterocycles. The Morgan fingerprint density at radius 1 is 0.630 bits per heavy atom. The normalized spacial score (nSPS) is 15.9. The third-order valence-corrected chi connectivity index (χ3v) is 7.42. The average Bonchev–Trinajstić information content (AvgIpc) is 2.49. The molecule has 0 atom stereocenters. The summed E-state index contributed by atoms with van der Waals surface area (Å²) in [7, 11) is -5.57. The van der Waals surface area contributed by atoms with Crippen LogP contribution in [-0.4, -0.2) is 41.7 Å². The Morgan fingerprint density at radius 2 is 0.963 bits per heavy atom. The van der Waals surface area contributed by atoms with Crippen molar-refractivity contribution in [2.45, 2.75) is 82.1 Å². The Hall–Kier alpha value is -0.720. The first-order chi connectivity index (χ1) is 11.7. The monoisotopic (exact) mass is 440 g/mol. The summed E-state index contributed by atoms with van der Waals surface area (Å²) in [6, 6.07) is 0. The van der Waals surface area contributed by atoms with Crippen LogP contribution in [0.5, 0.6) is 0 Å². The summed E-state index contributed by atoms with van der Waals surface area (Å²) in [6.07, 6.45) is -11.3. The van der Waals surface area contributed by atoms with E-state index in [1.165, 1.54) is 0 Å². The van der Waals surface area contributed by atoms with Crippen LogP contribution in [0, 0.1) is 5.41 Å². The fraction of sp³-hybridized carbons (Fsp3) is 1.00. The van der Waals surface area contributed by atoms with E-state index in [0.717, 1.165) is 27.7 Å². The van der Waals surface area contributed by atoms with Gasteiger partial charge >= 0.3 is 23.9 Å². The van der Waals surface area contributed by atoms with Crippen LogP contribution in [0.2, 0.25) is 0 Å². The Morgan fingerprint density at radius 3 is 1.15 bits per heavy atom. The van der Waals surface area contributed by atoms with Gasteiger partial charge in [-0.15, -0.1) is 0 Å². The van der Waals surface area contributed by atoms with Gasteiger partial charge in [0, 0.05) is 0 Å². The van der Waals surface area contributed by atoms with Crippen molar-refractivity contribution in [1.82, 2.24) is 0 Å². The summed E-state index contributed by atoms with van der Waals surface area (Å²) in [4.78, 5) is 0. The van der Waals surface area contributed by atoms with E-state index in [9.17, 15) is 52.5 Å². The maximum atomic E-state index is 14.8. The van der Waals surface area contributed by atoms with Crippen LogP contribution >= 0.6 is 0 Å². The Labute approximate surface area is 151 Å². The molecule has 0 aromatic carbocycles. The summed E-state index contributed by atoms with van der Waals surface area (Å²) in [6.45, 7) is 3.36. The van der Waals surface area contributed by atoms with E-state index in [0.29, 0.717) is 0 Å². The molecule has 27 heavy (non-hydrogen) atoms. The SMILES string of the molecule is CCC(CC)(C(F)(F)C(F)(F)C(F)(F)C(F)(F)F)C(CC)(CC)S(=O)(=O)O. The first kappa shape index (κ1) is 26.3. The van der Waals surface area contributed by atoms with Crippen molar-refractivity contribution in [1.29, 1.82) is 0 Å². The molecule has 0 unspecified atom stereocenters. The first-order valence-electron chi connectivity index (χ1n) is 7.91. The van der Waals surface area contributed by atoms with Crippen LogP contribution in [0.25, 0.3) is 0 Å². The molecule has 0 spiro atoms. The molecule has 0 aliphatic heterocycles. The fourth-order valence-electron chi connectivity index (χ4n) is 3.84. The van der Waals surface area contributed by atoms with Gasteiger partial charge in [-0.1, -0.05) is 27.7 Å². The van der Waals surface area contributed by atoms with E-state index in [1.54, 1.807) is 0 Å². The van der Waals surface area contributed by atoms with Gasteiger partial charge in [0.25, 0.3) is 10.1 Å². The Balaban J connectivity index is 7.20. The smallest absolute Gasteiger partial charge is 0.285 e. The largest absolute Gasteiger partial charge is 0.460 e. The molecule has 0 bridgehead atoms. The predicted octanol–water partition coefficient (Wildman–Crippen LogP) is 5.71. The summed E-state index contributed by atoms with van der Waals surface area (Å²) >= 11 is 0. The minimum absolute atomic E-state index is 0.754.